The number of hydrogen-bond acceptors (Lipinski definition) is 3. The maximum Gasteiger partial charge on any atom is 0.191 e. The second-order valence-electron chi connectivity index (χ2n) is 5.69. The topological polar surface area (TPSA) is 65.9 Å². The second-order valence-corrected chi connectivity index (χ2v) is 5.69. The minimum absolute atomic E-state index is 0. The summed E-state index contributed by atoms with van der Waals surface area (Å²) >= 11 is 0. The molecule has 0 spiro atoms. The van der Waals surface area contributed by atoms with E-state index in [0.717, 1.165) is 49.5 Å². The maximum absolute atomic E-state index is 9.58. The predicted molar refractivity (Wildman–Crippen MR) is 105 cm³/mol. The first-order chi connectivity index (χ1) is 10.7. The Balaban J connectivity index is 0.00000264. The summed E-state index contributed by atoms with van der Waals surface area (Å²) in [4.78, 5) is 4.64. The van der Waals surface area contributed by atoms with Gasteiger partial charge in [0.1, 0.15) is 5.75 Å². The highest BCUT2D eigenvalue weighted by molar-refractivity contribution is 14.0. The number of nitrogens with one attached hydrogen (secondary N) is 2. The smallest absolute Gasteiger partial charge is 0.191 e. The van der Waals surface area contributed by atoms with Crippen LogP contribution in [0.3, 0.4) is 0 Å². The van der Waals surface area contributed by atoms with E-state index < -0.39 is 0 Å². The van der Waals surface area contributed by atoms with Crippen LogP contribution in [0.5, 0.6) is 5.75 Å². The molecule has 3 N–H and O–H groups in total. The van der Waals surface area contributed by atoms with Crippen LogP contribution in [-0.4, -0.2) is 36.9 Å². The number of aliphatic hydroxyl groups is 1. The van der Waals surface area contributed by atoms with Crippen LogP contribution in [0.2, 0.25) is 0 Å². The lowest BCUT2D eigenvalue weighted by Crippen LogP contribution is -2.45. The van der Waals surface area contributed by atoms with Gasteiger partial charge in [0.25, 0.3) is 0 Å². The predicted octanol–water partition coefficient (Wildman–Crippen LogP) is 2.67. The SMILES string of the molecule is CCNC(=NCc1ccc(OC)cc1)NC1CCC(O)CC1.I. The lowest BCUT2D eigenvalue weighted by atomic mass is 9.93. The summed E-state index contributed by atoms with van der Waals surface area (Å²) in [6, 6.07) is 8.37. The van der Waals surface area contributed by atoms with Gasteiger partial charge in [0, 0.05) is 12.6 Å². The summed E-state index contributed by atoms with van der Waals surface area (Å²) in [5.74, 6) is 1.71. The van der Waals surface area contributed by atoms with Gasteiger partial charge in [0.2, 0.25) is 0 Å². The van der Waals surface area contributed by atoms with E-state index in [9.17, 15) is 5.11 Å². The Labute approximate surface area is 155 Å². The van der Waals surface area contributed by atoms with Crippen LogP contribution in [0.4, 0.5) is 0 Å². The van der Waals surface area contributed by atoms with E-state index in [-0.39, 0.29) is 30.1 Å². The molecule has 0 amide bonds. The molecule has 0 heterocycles. The molecule has 130 valence electrons. The molecule has 0 saturated heterocycles. The highest BCUT2D eigenvalue weighted by Gasteiger charge is 2.19. The van der Waals surface area contributed by atoms with Crippen molar-refractivity contribution in [3.05, 3.63) is 29.8 Å². The second kappa shape index (κ2) is 10.7. The average molecular weight is 433 g/mol. The summed E-state index contributed by atoms with van der Waals surface area (Å²) < 4.78 is 5.16. The van der Waals surface area contributed by atoms with Gasteiger partial charge in [-0.3, -0.25) is 0 Å². The Morgan fingerprint density at radius 3 is 2.43 bits per heavy atom. The fraction of sp³-hybridized carbons (Fsp3) is 0.588. The van der Waals surface area contributed by atoms with E-state index in [1.54, 1.807) is 7.11 Å². The van der Waals surface area contributed by atoms with Crippen LogP contribution in [0.15, 0.2) is 29.3 Å². The lowest BCUT2D eigenvalue weighted by Gasteiger charge is -2.27. The molecule has 1 aliphatic carbocycles. The molecular formula is C17H28IN3O2. The minimum Gasteiger partial charge on any atom is -0.497 e. The van der Waals surface area contributed by atoms with E-state index in [0.29, 0.717) is 12.6 Å². The third kappa shape index (κ3) is 6.95. The number of aliphatic imine (C=N–C) groups is 1. The zero-order valence-electron chi connectivity index (χ0n) is 13.9. The van der Waals surface area contributed by atoms with Gasteiger partial charge in [-0.2, -0.15) is 0 Å². The summed E-state index contributed by atoms with van der Waals surface area (Å²) in [5, 5.41) is 16.3. The highest BCUT2D eigenvalue weighted by atomic mass is 127. The van der Waals surface area contributed by atoms with Gasteiger partial charge in [-0.15, -0.1) is 24.0 Å². The molecule has 0 aliphatic heterocycles. The van der Waals surface area contributed by atoms with Crippen molar-refractivity contribution in [3.8, 4) is 5.75 Å². The van der Waals surface area contributed by atoms with Gasteiger partial charge in [0.15, 0.2) is 5.96 Å². The Morgan fingerprint density at radius 2 is 1.87 bits per heavy atom. The first kappa shape index (κ1) is 20.0. The number of nitrogens with zero attached hydrogens (tertiary/aromatic N) is 1. The van der Waals surface area contributed by atoms with E-state index in [1.807, 2.05) is 24.3 Å². The summed E-state index contributed by atoms with van der Waals surface area (Å²) in [6.45, 7) is 3.54. The molecule has 1 aliphatic rings. The first-order valence-electron chi connectivity index (χ1n) is 8.07. The van der Waals surface area contributed by atoms with Gasteiger partial charge in [-0.25, -0.2) is 4.99 Å². The van der Waals surface area contributed by atoms with E-state index in [2.05, 4.69) is 22.5 Å². The first-order valence-corrected chi connectivity index (χ1v) is 8.07. The van der Waals surface area contributed by atoms with Gasteiger partial charge in [0.05, 0.1) is 19.8 Å². The zero-order chi connectivity index (χ0) is 15.8. The number of aliphatic hydroxyl groups excluding tert-OH is 1. The number of halogens is 1. The third-order valence-corrected chi connectivity index (χ3v) is 3.96. The summed E-state index contributed by atoms with van der Waals surface area (Å²) in [7, 11) is 1.67. The van der Waals surface area contributed by atoms with Crippen molar-refractivity contribution in [1.29, 1.82) is 0 Å². The molecule has 1 aromatic carbocycles. The molecule has 1 saturated carbocycles. The van der Waals surface area contributed by atoms with E-state index in [1.165, 1.54) is 0 Å². The summed E-state index contributed by atoms with van der Waals surface area (Å²) in [5.41, 5.74) is 1.15. The highest BCUT2D eigenvalue weighted by Crippen LogP contribution is 2.18. The van der Waals surface area contributed by atoms with Gasteiger partial charge < -0.3 is 20.5 Å². The Morgan fingerprint density at radius 1 is 1.22 bits per heavy atom. The third-order valence-electron chi connectivity index (χ3n) is 3.96. The molecule has 6 heteroatoms. The average Bonchev–Trinajstić information content (AvgIpc) is 2.55. The van der Waals surface area contributed by atoms with Gasteiger partial charge in [-0.05, 0) is 50.3 Å². The number of guanidine groups is 1. The van der Waals surface area contributed by atoms with Crippen molar-refractivity contribution in [2.75, 3.05) is 13.7 Å². The Bertz CT molecular complexity index is 471. The van der Waals surface area contributed by atoms with Crippen LogP contribution < -0.4 is 15.4 Å². The quantitative estimate of drug-likeness (QED) is 0.380. The molecule has 1 aromatic rings. The molecule has 0 unspecified atom stereocenters. The maximum atomic E-state index is 9.58. The largest absolute Gasteiger partial charge is 0.497 e. The van der Waals surface area contributed by atoms with E-state index >= 15 is 0 Å². The van der Waals surface area contributed by atoms with Crippen molar-refractivity contribution in [2.45, 2.75) is 51.3 Å². The van der Waals surface area contributed by atoms with Crippen molar-refractivity contribution >= 4 is 29.9 Å². The molecule has 2 rings (SSSR count). The Hall–Kier alpha value is -1.02. The number of ether oxygens (including phenoxy) is 1. The number of methoxy groups -OCH3 is 1. The van der Waals surface area contributed by atoms with Crippen LogP contribution >= 0.6 is 24.0 Å². The molecule has 5 nitrogen and oxygen atoms in total. The zero-order valence-corrected chi connectivity index (χ0v) is 16.2. The fourth-order valence-corrected chi connectivity index (χ4v) is 2.63. The molecule has 1 fully saturated rings. The van der Waals surface area contributed by atoms with Crippen molar-refractivity contribution in [2.24, 2.45) is 4.99 Å². The lowest BCUT2D eigenvalue weighted by molar-refractivity contribution is 0.120. The summed E-state index contributed by atoms with van der Waals surface area (Å²) in [6.07, 6.45) is 3.60. The molecule has 0 aromatic heterocycles. The molecule has 0 bridgehead atoms. The van der Waals surface area contributed by atoms with Crippen LogP contribution in [0, 0.1) is 0 Å². The fourth-order valence-electron chi connectivity index (χ4n) is 2.63. The Kier molecular flexibility index (Phi) is 9.31. The van der Waals surface area contributed by atoms with Crippen LogP contribution in [-0.2, 0) is 6.54 Å². The van der Waals surface area contributed by atoms with Crippen LogP contribution in [0.25, 0.3) is 0 Å². The minimum atomic E-state index is -0.128. The number of rotatable bonds is 5. The number of benzene rings is 1. The normalized spacial score (nSPS) is 21.3. The molecule has 0 atom stereocenters. The monoisotopic (exact) mass is 433 g/mol. The molecule has 23 heavy (non-hydrogen) atoms. The molecule has 0 radical (unpaired) electrons. The van der Waals surface area contributed by atoms with Gasteiger partial charge >= 0.3 is 0 Å². The van der Waals surface area contributed by atoms with E-state index in [4.69, 9.17) is 4.74 Å². The van der Waals surface area contributed by atoms with Crippen LogP contribution in [0.1, 0.15) is 38.2 Å². The standard InChI is InChI=1S/C17H27N3O2.HI/c1-3-18-17(20-14-6-8-15(21)9-7-14)19-12-13-4-10-16(22-2)11-5-13;/h4-5,10-11,14-15,21H,3,6-9,12H2,1-2H3,(H2,18,19,20);1H. The van der Waals surface area contributed by atoms with Crippen molar-refractivity contribution < 1.29 is 9.84 Å². The number of hydrogen-bond donors (Lipinski definition) is 3. The van der Waals surface area contributed by atoms with Gasteiger partial charge in [-0.1, -0.05) is 12.1 Å². The van der Waals surface area contributed by atoms with Crippen molar-refractivity contribution in [3.63, 3.8) is 0 Å². The molecular weight excluding hydrogens is 405 g/mol. The van der Waals surface area contributed by atoms with Crippen molar-refractivity contribution in [1.82, 2.24) is 10.6 Å².